The van der Waals surface area contributed by atoms with Gasteiger partial charge in [0.1, 0.15) is 22.7 Å². The van der Waals surface area contributed by atoms with Crippen molar-refractivity contribution < 1.29 is 9.15 Å². The lowest BCUT2D eigenvalue weighted by Crippen LogP contribution is -2.05. The molecule has 5 heteroatoms. The minimum Gasteiger partial charge on any atom is -0.457 e. The molecule has 0 aliphatic carbocycles. The summed E-state index contributed by atoms with van der Waals surface area (Å²) in [6.07, 6.45) is 0. The highest BCUT2D eigenvalue weighted by Crippen LogP contribution is 2.51. The maximum absolute atomic E-state index is 6.86. The zero-order chi connectivity index (χ0) is 34.3. The Morgan fingerprint density at radius 3 is 1.68 bits per heavy atom. The van der Waals surface area contributed by atoms with Gasteiger partial charge in [0, 0.05) is 38.7 Å². The Hall–Kier alpha value is -6.07. The summed E-state index contributed by atoms with van der Waals surface area (Å²) in [7, 11) is 0. The van der Waals surface area contributed by atoms with E-state index in [0.717, 1.165) is 67.2 Å². The van der Waals surface area contributed by atoms with Crippen LogP contribution in [0, 0.1) is 41.5 Å². The predicted molar refractivity (Wildman–Crippen MR) is 206 cm³/mol. The Morgan fingerprint density at radius 2 is 1.04 bits per heavy atom. The van der Waals surface area contributed by atoms with Gasteiger partial charge in [-0.25, -0.2) is 4.98 Å². The Bertz CT molecular complexity index is 2740. The first-order chi connectivity index (χ1) is 24.3. The van der Waals surface area contributed by atoms with E-state index < -0.39 is 0 Å². The van der Waals surface area contributed by atoms with E-state index in [1.54, 1.807) is 0 Å². The fraction of sp³-hybridized carbons (Fsp3) is 0.133. The molecule has 0 saturated carbocycles. The summed E-state index contributed by atoms with van der Waals surface area (Å²) in [4.78, 5) is 5.12. The molecule has 0 amide bonds. The highest BCUT2D eigenvalue weighted by atomic mass is 16.5. The third-order valence-corrected chi connectivity index (χ3v) is 10.7. The third-order valence-electron chi connectivity index (χ3n) is 10.7. The van der Waals surface area contributed by atoms with Gasteiger partial charge in [0.15, 0.2) is 5.58 Å². The van der Waals surface area contributed by atoms with Crippen molar-refractivity contribution in [2.75, 3.05) is 0 Å². The molecule has 0 fully saturated rings. The molecule has 9 aromatic rings. The van der Waals surface area contributed by atoms with E-state index in [9.17, 15) is 0 Å². The molecule has 244 valence electrons. The predicted octanol–water partition coefficient (Wildman–Crippen LogP) is 12.2. The van der Waals surface area contributed by atoms with Crippen LogP contribution in [-0.4, -0.2) is 14.1 Å². The average Bonchev–Trinajstić information content (AvgIpc) is 3.83. The second kappa shape index (κ2) is 11.2. The van der Waals surface area contributed by atoms with Gasteiger partial charge in [-0.15, -0.1) is 0 Å². The number of nitrogens with zero attached hydrogens (tertiary/aromatic N) is 3. The highest BCUT2D eigenvalue weighted by molar-refractivity contribution is 6.27. The first-order valence-corrected chi connectivity index (χ1v) is 17.2. The van der Waals surface area contributed by atoms with E-state index >= 15 is 0 Å². The van der Waals surface area contributed by atoms with Gasteiger partial charge in [-0.2, -0.15) is 0 Å². The molecular weight excluding hydrogens is 615 g/mol. The Labute approximate surface area is 291 Å². The van der Waals surface area contributed by atoms with Gasteiger partial charge < -0.3 is 9.15 Å². The molecule has 50 heavy (non-hydrogen) atoms. The van der Waals surface area contributed by atoms with Crippen LogP contribution in [0.5, 0.6) is 11.5 Å². The highest BCUT2D eigenvalue weighted by Gasteiger charge is 2.32. The number of ether oxygens (including phenoxy) is 1. The van der Waals surface area contributed by atoms with E-state index in [0.29, 0.717) is 5.89 Å². The van der Waals surface area contributed by atoms with Crippen LogP contribution in [0.15, 0.2) is 120 Å². The van der Waals surface area contributed by atoms with Crippen molar-refractivity contribution in [2.24, 2.45) is 0 Å². The lowest BCUT2D eigenvalue weighted by molar-refractivity contribution is 0.476. The van der Waals surface area contributed by atoms with Crippen molar-refractivity contribution in [3.63, 3.8) is 0 Å². The smallest absolute Gasteiger partial charge is 0.229 e. The van der Waals surface area contributed by atoms with E-state index in [4.69, 9.17) is 14.1 Å². The number of benzene rings is 6. The SMILES string of the molecule is Cc1c(C)c(C)c2c(c1C)c1c3c(C)c(Oc4ccccc4)c(C)c(-c4nc5ccccc5o4)c3n(-c3ccccc3)c1n2-c1ccccc1. The van der Waals surface area contributed by atoms with E-state index in [-0.39, 0.29) is 0 Å². The normalized spacial score (nSPS) is 11.8. The fourth-order valence-electron chi connectivity index (χ4n) is 7.94. The second-order valence-electron chi connectivity index (χ2n) is 13.3. The number of para-hydroxylation sites is 5. The molecule has 3 aromatic heterocycles. The van der Waals surface area contributed by atoms with Crippen molar-refractivity contribution >= 4 is 43.9 Å². The van der Waals surface area contributed by atoms with Crippen LogP contribution in [0.2, 0.25) is 0 Å². The van der Waals surface area contributed by atoms with Crippen LogP contribution in [-0.2, 0) is 0 Å². The molecule has 6 aromatic carbocycles. The molecule has 0 radical (unpaired) electrons. The summed E-state index contributed by atoms with van der Waals surface area (Å²) in [5.41, 5.74) is 15.3. The number of rotatable bonds is 5. The molecule has 0 aliphatic heterocycles. The molecule has 0 N–H and O–H groups in total. The minimum absolute atomic E-state index is 0.569. The molecule has 0 atom stereocenters. The maximum Gasteiger partial charge on any atom is 0.229 e. The molecule has 3 heterocycles. The average molecular weight is 652 g/mol. The monoisotopic (exact) mass is 651 g/mol. The summed E-state index contributed by atoms with van der Waals surface area (Å²) in [6.45, 7) is 13.4. The molecular formula is C45H37N3O2. The Balaban J connectivity index is 1.60. The van der Waals surface area contributed by atoms with Crippen molar-refractivity contribution in [3.8, 4) is 34.3 Å². The first kappa shape index (κ1) is 30.0. The topological polar surface area (TPSA) is 45.1 Å². The van der Waals surface area contributed by atoms with Gasteiger partial charge >= 0.3 is 0 Å². The molecule has 0 saturated heterocycles. The van der Waals surface area contributed by atoms with Gasteiger partial charge in [0.2, 0.25) is 5.89 Å². The number of aromatic nitrogens is 3. The standard InChI is InChI=1S/C45H37N3O2/c1-26-27(2)29(4)41-37(28(26)3)40-38-30(5)43(49-34-22-14-9-15-23-34)31(6)39(44-46-35-24-16-17-25-36(35)50-44)42(38)48(33-20-12-8-13-21-33)45(40)47(41)32-18-10-7-11-19-32/h7-25H,1-6H3. The van der Waals surface area contributed by atoms with Crippen LogP contribution in [0.4, 0.5) is 0 Å². The lowest BCUT2D eigenvalue weighted by atomic mass is 9.92. The fourth-order valence-corrected chi connectivity index (χ4v) is 7.94. The van der Waals surface area contributed by atoms with Gasteiger partial charge in [-0.3, -0.25) is 9.13 Å². The lowest BCUT2D eigenvalue weighted by Gasteiger charge is -2.20. The van der Waals surface area contributed by atoms with Crippen LogP contribution in [0.1, 0.15) is 33.4 Å². The van der Waals surface area contributed by atoms with Gasteiger partial charge in [-0.05, 0) is 112 Å². The van der Waals surface area contributed by atoms with Gasteiger partial charge in [0.05, 0.1) is 16.6 Å². The Kier molecular flexibility index (Phi) is 6.75. The zero-order valence-electron chi connectivity index (χ0n) is 29.1. The summed E-state index contributed by atoms with van der Waals surface area (Å²) < 4.78 is 18.4. The maximum atomic E-state index is 6.86. The molecule has 0 spiro atoms. The van der Waals surface area contributed by atoms with Crippen LogP contribution in [0.3, 0.4) is 0 Å². The van der Waals surface area contributed by atoms with Crippen molar-refractivity contribution in [1.82, 2.24) is 14.1 Å². The number of oxazole rings is 1. The first-order valence-electron chi connectivity index (χ1n) is 17.2. The van der Waals surface area contributed by atoms with Crippen molar-refractivity contribution in [3.05, 3.63) is 149 Å². The number of fused-ring (bicyclic) bond motifs is 6. The quantitative estimate of drug-likeness (QED) is 0.186. The van der Waals surface area contributed by atoms with Gasteiger partial charge in [0.25, 0.3) is 0 Å². The summed E-state index contributed by atoms with van der Waals surface area (Å²) >= 11 is 0. The third kappa shape index (κ3) is 4.23. The zero-order valence-corrected chi connectivity index (χ0v) is 29.1. The molecule has 5 nitrogen and oxygen atoms in total. The van der Waals surface area contributed by atoms with Crippen molar-refractivity contribution in [2.45, 2.75) is 41.5 Å². The van der Waals surface area contributed by atoms with E-state index in [1.165, 1.54) is 38.5 Å². The number of hydrogen-bond donors (Lipinski definition) is 0. The molecule has 0 bridgehead atoms. The largest absolute Gasteiger partial charge is 0.457 e. The van der Waals surface area contributed by atoms with Crippen molar-refractivity contribution in [1.29, 1.82) is 0 Å². The van der Waals surface area contributed by atoms with Gasteiger partial charge in [-0.1, -0.05) is 66.7 Å². The Morgan fingerprint density at radius 1 is 0.500 bits per heavy atom. The number of aryl methyl sites for hydroxylation is 3. The summed E-state index contributed by atoms with van der Waals surface area (Å²) in [5, 5.41) is 3.58. The number of hydrogen-bond acceptors (Lipinski definition) is 3. The second-order valence-corrected chi connectivity index (χ2v) is 13.3. The molecule has 0 unspecified atom stereocenters. The van der Waals surface area contributed by atoms with E-state index in [1.807, 2.05) is 54.6 Å². The van der Waals surface area contributed by atoms with Crippen LogP contribution >= 0.6 is 0 Å². The molecule has 0 aliphatic rings. The summed E-state index contributed by atoms with van der Waals surface area (Å²) in [5.74, 6) is 2.16. The van der Waals surface area contributed by atoms with E-state index in [2.05, 4.69) is 111 Å². The summed E-state index contributed by atoms with van der Waals surface area (Å²) in [6, 6.07) is 39.4. The van der Waals surface area contributed by atoms with Crippen LogP contribution < -0.4 is 4.74 Å². The van der Waals surface area contributed by atoms with Crippen LogP contribution in [0.25, 0.3) is 66.8 Å². The molecule has 9 rings (SSSR count). The minimum atomic E-state index is 0.569.